The van der Waals surface area contributed by atoms with Gasteiger partial charge in [-0.2, -0.15) is 0 Å². The van der Waals surface area contributed by atoms with Gasteiger partial charge < -0.3 is 14.9 Å². The van der Waals surface area contributed by atoms with Crippen LogP contribution >= 0.6 is 0 Å². The average Bonchev–Trinajstić information content (AvgIpc) is 2.32. The Morgan fingerprint density at radius 2 is 1.89 bits per heavy atom. The molecule has 4 nitrogen and oxygen atoms in total. The van der Waals surface area contributed by atoms with Crippen molar-refractivity contribution in [3.05, 3.63) is 23.8 Å². The number of aliphatic carboxylic acids is 1. The summed E-state index contributed by atoms with van der Waals surface area (Å²) < 4.78 is 0. The number of fused-ring (bicyclic) bond motifs is 1. The molecule has 0 fully saturated rings. The van der Waals surface area contributed by atoms with E-state index in [2.05, 4.69) is 36.0 Å². The summed E-state index contributed by atoms with van der Waals surface area (Å²) >= 11 is 0. The molecule has 0 saturated heterocycles. The fourth-order valence-electron chi connectivity index (χ4n) is 2.79. The standard InChI is InChI=1S/C15H22N2O2/c1-15(2,10-13(18)19)11-6-5-7-12-14(11)17(4)9-8-16(12)3/h5-7H,8-10H2,1-4H3,(H,18,19). The van der Waals surface area contributed by atoms with E-state index in [-0.39, 0.29) is 11.8 Å². The smallest absolute Gasteiger partial charge is 0.304 e. The summed E-state index contributed by atoms with van der Waals surface area (Å²) in [6, 6.07) is 6.18. The summed E-state index contributed by atoms with van der Waals surface area (Å²) in [5, 5.41) is 9.11. The van der Waals surface area contributed by atoms with E-state index in [1.165, 1.54) is 11.4 Å². The summed E-state index contributed by atoms with van der Waals surface area (Å²) in [6.45, 7) is 5.95. The van der Waals surface area contributed by atoms with Crippen LogP contribution in [0.2, 0.25) is 0 Å². The maximum Gasteiger partial charge on any atom is 0.304 e. The number of carbonyl (C=O) groups is 1. The van der Waals surface area contributed by atoms with E-state index < -0.39 is 5.97 Å². The Morgan fingerprint density at radius 1 is 1.26 bits per heavy atom. The van der Waals surface area contributed by atoms with Crippen molar-refractivity contribution >= 4 is 17.3 Å². The first-order valence-corrected chi connectivity index (χ1v) is 6.60. The Balaban J connectivity index is 2.53. The number of nitrogens with zero attached hydrogens (tertiary/aromatic N) is 2. The first kappa shape index (κ1) is 13.7. The van der Waals surface area contributed by atoms with Crippen molar-refractivity contribution in [1.82, 2.24) is 0 Å². The minimum atomic E-state index is -0.755. The van der Waals surface area contributed by atoms with Gasteiger partial charge in [-0.05, 0) is 11.6 Å². The van der Waals surface area contributed by atoms with Gasteiger partial charge in [0.15, 0.2) is 0 Å². The lowest BCUT2D eigenvalue weighted by Crippen LogP contribution is -2.39. The molecule has 2 rings (SSSR count). The molecule has 4 heteroatoms. The van der Waals surface area contributed by atoms with Crippen LogP contribution in [0.15, 0.2) is 18.2 Å². The van der Waals surface area contributed by atoms with Gasteiger partial charge in [-0.3, -0.25) is 4.79 Å². The van der Waals surface area contributed by atoms with Crippen LogP contribution in [-0.2, 0) is 10.2 Å². The molecule has 1 aliphatic heterocycles. The Bertz CT molecular complexity index is 497. The molecule has 19 heavy (non-hydrogen) atoms. The van der Waals surface area contributed by atoms with E-state index >= 15 is 0 Å². The Labute approximate surface area is 114 Å². The zero-order chi connectivity index (χ0) is 14.2. The number of rotatable bonds is 3. The van der Waals surface area contributed by atoms with Gasteiger partial charge in [0, 0.05) is 32.6 Å². The average molecular weight is 262 g/mol. The molecule has 0 bridgehead atoms. The minimum Gasteiger partial charge on any atom is -0.481 e. The summed E-state index contributed by atoms with van der Waals surface area (Å²) in [6.07, 6.45) is 0.140. The molecule has 1 N–H and O–H groups in total. The van der Waals surface area contributed by atoms with E-state index in [4.69, 9.17) is 5.11 Å². The van der Waals surface area contributed by atoms with Gasteiger partial charge in [-0.15, -0.1) is 0 Å². The third-order valence-corrected chi connectivity index (χ3v) is 3.90. The highest BCUT2D eigenvalue weighted by atomic mass is 16.4. The van der Waals surface area contributed by atoms with Crippen molar-refractivity contribution in [2.75, 3.05) is 37.0 Å². The molecule has 0 radical (unpaired) electrons. The lowest BCUT2D eigenvalue weighted by atomic mass is 9.79. The van der Waals surface area contributed by atoms with Crippen LogP contribution < -0.4 is 9.80 Å². The Kier molecular flexibility index (Phi) is 3.43. The Hall–Kier alpha value is -1.71. The maximum atomic E-state index is 11.1. The van der Waals surface area contributed by atoms with E-state index in [1.54, 1.807) is 0 Å². The van der Waals surface area contributed by atoms with E-state index in [1.807, 2.05) is 19.9 Å². The van der Waals surface area contributed by atoms with Crippen molar-refractivity contribution in [2.45, 2.75) is 25.7 Å². The number of para-hydroxylation sites is 1. The largest absolute Gasteiger partial charge is 0.481 e. The zero-order valence-electron chi connectivity index (χ0n) is 12.1. The summed E-state index contributed by atoms with van der Waals surface area (Å²) in [5.74, 6) is -0.755. The van der Waals surface area contributed by atoms with Crippen molar-refractivity contribution in [1.29, 1.82) is 0 Å². The van der Waals surface area contributed by atoms with Crippen LogP contribution in [0.4, 0.5) is 11.4 Å². The van der Waals surface area contributed by atoms with Gasteiger partial charge in [0.05, 0.1) is 17.8 Å². The van der Waals surface area contributed by atoms with Crippen LogP contribution in [0.1, 0.15) is 25.8 Å². The lowest BCUT2D eigenvalue weighted by Gasteiger charge is -2.39. The monoisotopic (exact) mass is 262 g/mol. The van der Waals surface area contributed by atoms with Crippen molar-refractivity contribution in [2.24, 2.45) is 0 Å². The van der Waals surface area contributed by atoms with Crippen molar-refractivity contribution in [3.63, 3.8) is 0 Å². The van der Waals surface area contributed by atoms with Crippen molar-refractivity contribution in [3.8, 4) is 0 Å². The predicted octanol–water partition coefficient (Wildman–Crippen LogP) is 2.32. The molecule has 1 aromatic rings. The van der Waals surface area contributed by atoms with E-state index in [9.17, 15) is 4.79 Å². The van der Waals surface area contributed by atoms with Crippen LogP contribution in [0.3, 0.4) is 0 Å². The molecule has 104 valence electrons. The number of hydrogen-bond acceptors (Lipinski definition) is 3. The number of benzene rings is 1. The van der Waals surface area contributed by atoms with Gasteiger partial charge >= 0.3 is 5.97 Å². The molecule has 0 aliphatic carbocycles. The van der Waals surface area contributed by atoms with Gasteiger partial charge in [0.25, 0.3) is 0 Å². The van der Waals surface area contributed by atoms with Gasteiger partial charge in [0.1, 0.15) is 0 Å². The SMILES string of the molecule is CN1CCN(C)c2c1cccc2C(C)(C)CC(=O)O. The van der Waals surface area contributed by atoms with E-state index in [0.29, 0.717) is 0 Å². The quantitative estimate of drug-likeness (QED) is 0.908. The maximum absolute atomic E-state index is 11.1. The second-order valence-corrected chi connectivity index (χ2v) is 5.97. The van der Waals surface area contributed by atoms with Crippen LogP contribution in [0.25, 0.3) is 0 Å². The lowest BCUT2D eigenvalue weighted by molar-refractivity contribution is -0.138. The van der Waals surface area contributed by atoms with Gasteiger partial charge in [-0.1, -0.05) is 26.0 Å². The number of carboxylic acid groups (broad SMARTS) is 1. The van der Waals surface area contributed by atoms with Crippen LogP contribution in [-0.4, -0.2) is 38.3 Å². The number of anilines is 2. The molecular formula is C15H22N2O2. The number of carboxylic acids is 1. The number of hydrogen-bond donors (Lipinski definition) is 1. The zero-order valence-corrected chi connectivity index (χ0v) is 12.1. The third kappa shape index (κ3) is 2.53. The molecule has 0 saturated carbocycles. The molecule has 0 aromatic heterocycles. The molecule has 0 atom stereocenters. The van der Waals surface area contributed by atoms with Crippen LogP contribution in [0, 0.1) is 0 Å². The first-order valence-electron chi connectivity index (χ1n) is 6.60. The van der Waals surface area contributed by atoms with E-state index in [0.717, 1.165) is 18.7 Å². The van der Waals surface area contributed by atoms with Gasteiger partial charge in [0.2, 0.25) is 0 Å². The summed E-state index contributed by atoms with van der Waals surface area (Å²) in [4.78, 5) is 15.5. The summed E-state index contributed by atoms with van der Waals surface area (Å²) in [7, 11) is 4.16. The Morgan fingerprint density at radius 3 is 2.53 bits per heavy atom. The fraction of sp³-hybridized carbons (Fsp3) is 0.533. The van der Waals surface area contributed by atoms with Crippen molar-refractivity contribution < 1.29 is 9.90 Å². The number of likely N-dealkylation sites (N-methyl/N-ethyl adjacent to an activating group) is 2. The molecule has 0 spiro atoms. The highest BCUT2D eigenvalue weighted by molar-refractivity contribution is 5.79. The topological polar surface area (TPSA) is 43.8 Å². The molecule has 1 aromatic carbocycles. The normalized spacial score (nSPS) is 15.4. The molecule has 0 amide bonds. The molecular weight excluding hydrogens is 240 g/mol. The molecule has 0 unspecified atom stereocenters. The second-order valence-electron chi connectivity index (χ2n) is 5.97. The fourth-order valence-corrected chi connectivity index (χ4v) is 2.79. The van der Waals surface area contributed by atoms with Crippen LogP contribution in [0.5, 0.6) is 0 Å². The second kappa shape index (κ2) is 4.76. The highest BCUT2D eigenvalue weighted by Gasteiger charge is 2.31. The third-order valence-electron chi connectivity index (χ3n) is 3.90. The summed E-state index contributed by atoms with van der Waals surface area (Å²) in [5.41, 5.74) is 3.09. The van der Waals surface area contributed by atoms with Gasteiger partial charge in [-0.25, -0.2) is 0 Å². The minimum absolute atomic E-state index is 0.140. The first-order chi connectivity index (χ1) is 8.83. The highest BCUT2D eigenvalue weighted by Crippen LogP contribution is 2.41. The molecule has 1 aliphatic rings. The molecule has 1 heterocycles. The predicted molar refractivity (Wildman–Crippen MR) is 78.3 cm³/mol.